The van der Waals surface area contributed by atoms with Gasteiger partial charge in [0.05, 0.1) is 18.6 Å². The third-order valence-electron chi connectivity index (χ3n) is 5.55. The van der Waals surface area contributed by atoms with E-state index in [0.717, 1.165) is 12.3 Å². The predicted molar refractivity (Wildman–Crippen MR) is 82.0 cm³/mol. The second-order valence-corrected chi connectivity index (χ2v) is 7.37. The van der Waals surface area contributed by atoms with E-state index in [-0.39, 0.29) is 6.42 Å². The SMILES string of the molecule is CC12CCC(CC1CC(O)CCNC(=O)[C@@H](N)CC(=O)O)C2. The molecule has 0 aromatic carbocycles. The second-order valence-electron chi connectivity index (χ2n) is 7.37. The molecule has 126 valence electrons. The first-order valence-corrected chi connectivity index (χ1v) is 8.23. The lowest BCUT2D eigenvalue weighted by atomic mass is 9.74. The summed E-state index contributed by atoms with van der Waals surface area (Å²) >= 11 is 0. The van der Waals surface area contributed by atoms with Crippen molar-refractivity contribution in [2.45, 2.75) is 64.0 Å². The minimum absolute atomic E-state index is 0.334. The van der Waals surface area contributed by atoms with Gasteiger partial charge >= 0.3 is 5.97 Å². The topological polar surface area (TPSA) is 113 Å². The number of carbonyl (C=O) groups is 2. The minimum Gasteiger partial charge on any atom is -0.481 e. The van der Waals surface area contributed by atoms with Gasteiger partial charge in [0.1, 0.15) is 0 Å². The molecule has 2 fully saturated rings. The van der Waals surface area contributed by atoms with Crippen LogP contribution in [0.1, 0.15) is 51.9 Å². The number of rotatable bonds is 8. The van der Waals surface area contributed by atoms with Crippen LogP contribution in [-0.2, 0) is 9.59 Å². The van der Waals surface area contributed by atoms with Gasteiger partial charge in [-0.05, 0) is 55.8 Å². The fourth-order valence-electron chi connectivity index (χ4n) is 4.26. The zero-order valence-electron chi connectivity index (χ0n) is 13.3. The normalized spacial score (nSPS) is 32.7. The predicted octanol–water partition coefficient (Wildman–Crippen LogP) is 0.872. The van der Waals surface area contributed by atoms with Gasteiger partial charge in [-0.25, -0.2) is 0 Å². The molecule has 0 radical (unpaired) electrons. The number of nitrogens with two attached hydrogens (primary N) is 1. The molecule has 5 atom stereocenters. The van der Waals surface area contributed by atoms with Crippen molar-refractivity contribution in [3.63, 3.8) is 0 Å². The molecule has 0 aromatic rings. The van der Waals surface area contributed by atoms with E-state index in [9.17, 15) is 14.7 Å². The summed E-state index contributed by atoms with van der Waals surface area (Å²) in [5.74, 6) is -0.129. The summed E-state index contributed by atoms with van der Waals surface area (Å²) in [6.07, 6.45) is 5.62. The Hall–Kier alpha value is -1.14. The fraction of sp³-hybridized carbons (Fsp3) is 0.875. The van der Waals surface area contributed by atoms with E-state index >= 15 is 0 Å². The first kappa shape index (κ1) is 17.2. The average molecular weight is 312 g/mol. The van der Waals surface area contributed by atoms with Gasteiger partial charge in [0.2, 0.25) is 5.91 Å². The number of carboxylic acid groups (broad SMARTS) is 1. The molecule has 2 bridgehead atoms. The number of aliphatic carboxylic acids is 1. The molecule has 22 heavy (non-hydrogen) atoms. The monoisotopic (exact) mass is 312 g/mol. The first-order chi connectivity index (χ1) is 10.3. The maximum atomic E-state index is 11.6. The second kappa shape index (κ2) is 6.96. The van der Waals surface area contributed by atoms with Crippen molar-refractivity contribution in [2.75, 3.05) is 6.54 Å². The molecule has 0 aliphatic heterocycles. The number of amides is 1. The number of carbonyl (C=O) groups excluding carboxylic acids is 1. The Balaban J connectivity index is 1.65. The highest BCUT2D eigenvalue weighted by Crippen LogP contribution is 2.58. The average Bonchev–Trinajstić information content (AvgIpc) is 2.93. The van der Waals surface area contributed by atoms with Gasteiger partial charge in [0.15, 0.2) is 0 Å². The summed E-state index contributed by atoms with van der Waals surface area (Å²) in [5, 5.41) is 21.4. The van der Waals surface area contributed by atoms with Gasteiger partial charge < -0.3 is 21.3 Å². The van der Waals surface area contributed by atoms with E-state index in [2.05, 4.69) is 12.2 Å². The lowest BCUT2D eigenvalue weighted by molar-refractivity contribution is -0.139. The Bertz CT molecular complexity index is 428. The maximum Gasteiger partial charge on any atom is 0.305 e. The quantitative estimate of drug-likeness (QED) is 0.531. The number of aliphatic hydroxyl groups excluding tert-OH is 1. The number of aliphatic hydroxyl groups is 1. The van der Waals surface area contributed by atoms with E-state index in [4.69, 9.17) is 10.8 Å². The van der Waals surface area contributed by atoms with Crippen molar-refractivity contribution in [1.82, 2.24) is 5.32 Å². The van der Waals surface area contributed by atoms with Crippen molar-refractivity contribution in [3.05, 3.63) is 0 Å². The Morgan fingerprint density at radius 2 is 2.18 bits per heavy atom. The molecule has 6 heteroatoms. The van der Waals surface area contributed by atoms with Crippen molar-refractivity contribution in [2.24, 2.45) is 23.0 Å². The summed E-state index contributed by atoms with van der Waals surface area (Å²) in [5.41, 5.74) is 5.87. The van der Waals surface area contributed by atoms with Crippen LogP contribution >= 0.6 is 0 Å². The molecular formula is C16H28N2O4. The number of hydrogen-bond donors (Lipinski definition) is 4. The highest BCUT2D eigenvalue weighted by Gasteiger charge is 2.48. The number of carboxylic acids is 1. The van der Waals surface area contributed by atoms with Crippen LogP contribution < -0.4 is 11.1 Å². The van der Waals surface area contributed by atoms with Crippen LogP contribution in [0.25, 0.3) is 0 Å². The van der Waals surface area contributed by atoms with Gasteiger partial charge in [-0.1, -0.05) is 6.92 Å². The molecule has 2 aliphatic carbocycles. The van der Waals surface area contributed by atoms with Gasteiger partial charge in [-0.2, -0.15) is 0 Å². The van der Waals surface area contributed by atoms with Crippen LogP contribution in [0.4, 0.5) is 0 Å². The fourth-order valence-corrected chi connectivity index (χ4v) is 4.26. The highest BCUT2D eigenvalue weighted by molar-refractivity contribution is 5.85. The maximum absolute atomic E-state index is 11.6. The van der Waals surface area contributed by atoms with Crippen LogP contribution in [0.2, 0.25) is 0 Å². The summed E-state index contributed by atoms with van der Waals surface area (Å²) < 4.78 is 0. The number of fused-ring (bicyclic) bond motifs is 2. The molecule has 2 rings (SSSR count). The molecular weight excluding hydrogens is 284 g/mol. The molecule has 0 aromatic heterocycles. The van der Waals surface area contributed by atoms with Gasteiger partial charge in [0, 0.05) is 6.54 Å². The standard InChI is InChI=1S/C16H28N2O4/c1-16-4-2-10(9-16)6-11(16)7-12(19)3-5-18-15(22)13(17)8-14(20)21/h10-13,19H,2-9,17H2,1H3,(H,18,22)(H,20,21)/t10?,11?,12?,13-,16?/m0/s1. The van der Waals surface area contributed by atoms with Crippen molar-refractivity contribution < 1.29 is 19.8 Å². The van der Waals surface area contributed by atoms with Crippen molar-refractivity contribution >= 4 is 11.9 Å². The smallest absolute Gasteiger partial charge is 0.305 e. The Kier molecular flexibility index (Phi) is 5.45. The molecule has 6 nitrogen and oxygen atoms in total. The van der Waals surface area contributed by atoms with E-state index in [1.807, 2.05) is 0 Å². The highest BCUT2D eigenvalue weighted by atomic mass is 16.4. The molecule has 0 spiro atoms. The Labute approximate surface area is 131 Å². The van der Waals surface area contributed by atoms with Crippen LogP contribution in [-0.4, -0.2) is 40.8 Å². The summed E-state index contributed by atoms with van der Waals surface area (Å²) in [6.45, 7) is 2.67. The lowest BCUT2D eigenvalue weighted by Crippen LogP contribution is -2.42. The largest absolute Gasteiger partial charge is 0.481 e. The molecule has 0 heterocycles. The molecule has 5 N–H and O–H groups in total. The van der Waals surface area contributed by atoms with E-state index in [1.54, 1.807) is 0 Å². The zero-order valence-corrected chi connectivity index (χ0v) is 13.3. The molecule has 0 saturated heterocycles. The summed E-state index contributed by atoms with van der Waals surface area (Å²) in [7, 11) is 0. The molecule has 1 amide bonds. The van der Waals surface area contributed by atoms with Gasteiger partial charge in [-0.15, -0.1) is 0 Å². The van der Waals surface area contributed by atoms with Crippen molar-refractivity contribution in [3.8, 4) is 0 Å². The lowest BCUT2D eigenvalue weighted by Gasteiger charge is -2.33. The number of nitrogens with one attached hydrogen (secondary N) is 1. The third kappa shape index (κ3) is 4.20. The zero-order chi connectivity index (χ0) is 16.3. The minimum atomic E-state index is -1.09. The van der Waals surface area contributed by atoms with Crippen molar-refractivity contribution in [1.29, 1.82) is 0 Å². The summed E-state index contributed by atoms with van der Waals surface area (Å²) in [6, 6.07) is -1.03. The van der Waals surface area contributed by atoms with E-state index in [1.165, 1.54) is 25.7 Å². The van der Waals surface area contributed by atoms with Crippen LogP contribution in [0.15, 0.2) is 0 Å². The molecule has 4 unspecified atom stereocenters. The molecule has 2 saturated carbocycles. The first-order valence-electron chi connectivity index (χ1n) is 8.23. The number of hydrogen-bond acceptors (Lipinski definition) is 4. The molecule has 2 aliphatic rings. The summed E-state index contributed by atoms with van der Waals surface area (Å²) in [4.78, 5) is 22.1. The Morgan fingerprint density at radius 1 is 1.45 bits per heavy atom. The van der Waals surface area contributed by atoms with E-state index in [0.29, 0.717) is 24.3 Å². The Morgan fingerprint density at radius 3 is 2.73 bits per heavy atom. The van der Waals surface area contributed by atoms with Gasteiger partial charge in [0.25, 0.3) is 0 Å². The van der Waals surface area contributed by atoms with Gasteiger partial charge in [-0.3, -0.25) is 9.59 Å². The van der Waals surface area contributed by atoms with Crippen LogP contribution in [0.5, 0.6) is 0 Å². The van der Waals surface area contributed by atoms with Crippen LogP contribution in [0, 0.1) is 17.3 Å². The van der Waals surface area contributed by atoms with Crippen LogP contribution in [0.3, 0.4) is 0 Å². The van der Waals surface area contributed by atoms with E-state index < -0.39 is 24.0 Å². The third-order valence-corrected chi connectivity index (χ3v) is 5.55.